The van der Waals surface area contributed by atoms with Crippen molar-refractivity contribution < 1.29 is 8.42 Å². The second-order valence-electron chi connectivity index (χ2n) is 6.60. The highest BCUT2D eigenvalue weighted by atomic mass is 32.2. The number of hydrogen-bond acceptors (Lipinski definition) is 4. The zero-order chi connectivity index (χ0) is 15.6. The van der Waals surface area contributed by atoms with E-state index in [1.807, 2.05) is 30.3 Å². The van der Waals surface area contributed by atoms with Crippen molar-refractivity contribution in [2.75, 3.05) is 11.5 Å². The summed E-state index contributed by atoms with van der Waals surface area (Å²) >= 11 is 0. The zero-order valence-electron chi connectivity index (χ0n) is 12.7. The first kappa shape index (κ1) is 15.5. The molecule has 1 aromatic rings. The van der Waals surface area contributed by atoms with Crippen LogP contribution >= 0.6 is 0 Å². The van der Waals surface area contributed by atoms with E-state index in [4.69, 9.17) is 0 Å². The first-order chi connectivity index (χ1) is 10.5. The van der Waals surface area contributed by atoms with Crippen LogP contribution in [0.5, 0.6) is 0 Å². The normalized spacial score (nSPS) is 34.1. The molecule has 1 aliphatic heterocycles. The molecule has 0 radical (unpaired) electrons. The van der Waals surface area contributed by atoms with Crippen molar-refractivity contribution in [3.05, 3.63) is 35.9 Å². The van der Waals surface area contributed by atoms with Crippen LogP contribution in [-0.4, -0.2) is 32.0 Å². The maximum atomic E-state index is 11.5. The standard InChI is InChI=1S/C17H22N2O2S/c18-13-17(14-4-2-1-3-5-14)9-6-15(7-10-17)19-16-8-11-22(20,21)12-16/h1-5,15-16,19H,6-12H2/t15?,16-,17?/m0/s1. The molecule has 1 saturated heterocycles. The number of nitrogens with one attached hydrogen (secondary N) is 1. The summed E-state index contributed by atoms with van der Waals surface area (Å²) in [6.07, 6.45) is 4.26. The summed E-state index contributed by atoms with van der Waals surface area (Å²) < 4.78 is 23.1. The van der Waals surface area contributed by atoms with Crippen LogP contribution in [0.4, 0.5) is 0 Å². The largest absolute Gasteiger partial charge is 0.310 e. The number of nitriles is 1. The van der Waals surface area contributed by atoms with Gasteiger partial charge in [0.25, 0.3) is 0 Å². The third kappa shape index (κ3) is 3.18. The van der Waals surface area contributed by atoms with E-state index in [9.17, 15) is 13.7 Å². The van der Waals surface area contributed by atoms with E-state index in [0.29, 0.717) is 11.8 Å². The fraction of sp³-hybridized carbons (Fsp3) is 0.588. The molecule has 1 aromatic carbocycles. The molecule has 4 nitrogen and oxygen atoms in total. The van der Waals surface area contributed by atoms with Crippen molar-refractivity contribution in [2.24, 2.45) is 0 Å². The van der Waals surface area contributed by atoms with Gasteiger partial charge in [-0.2, -0.15) is 5.26 Å². The third-order valence-corrected chi connectivity index (χ3v) is 6.85. The van der Waals surface area contributed by atoms with Crippen LogP contribution in [0.15, 0.2) is 30.3 Å². The highest BCUT2D eigenvalue weighted by Gasteiger charge is 2.38. The Morgan fingerprint density at radius 1 is 1.09 bits per heavy atom. The molecular weight excluding hydrogens is 296 g/mol. The lowest BCUT2D eigenvalue weighted by atomic mass is 9.69. The fourth-order valence-corrected chi connectivity index (χ4v) is 5.45. The quantitative estimate of drug-likeness (QED) is 0.927. The molecule has 1 heterocycles. The molecule has 3 rings (SSSR count). The molecule has 2 fully saturated rings. The van der Waals surface area contributed by atoms with Crippen molar-refractivity contribution >= 4 is 9.84 Å². The van der Waals surface area contributed by atoms with Crippen LogP contribution in [0.3, 0.4) is 0 Å². The van der Waals surface area contributed by atoms with Crippen molar-refractivity contribution in [2.45, 2.75) is 49.6 Å². The molecular formula is C17H22N2O2S. The molecule has 0 bridgehead atoms. The van der Waals surface area contributed by atoms with Crippen LogP contribution in [0.2, 0.25) is 0 Å². The van der Waals surface area contributed by atoms with Gasteiger partial charge in [0.1, 0.15) is 0 Å². The van der Waals surface area contributed by atoms with E-state index in [2.05, 4.69) is 11.4 Å². The predicted octanol–water partition coefficient (Wildman–Crippen LogP) is 2.17. The average Bonchev–Trinajstić information content (AvgIpc) is 2.88. The summed E-state index contributed by atoms with van der Waals surface area (Å²) in [5, 5.41) is 13.2. The Kier molecular flexibility index (Phi) is 4.24. The Labute approximate surface area is 132 Å². The van der Waals surface area contributed by atoms with Crippen molar-refractivity contribution in [3.8, 4) is 6.07 Å². The molecule has 0 amide bonds. The number of hydrogen-bond donors (Lipinski definition) is 1. The SMILES string of the molecule is N#CC1(c2ccccc2)CCC(N[C@H]2CCS(=O)(=O)C2)CC1. The van der Waals surface area contributed by atoms with E-state index >= 15 is 0 Å². The fourth-order valence-electron chi connectivity index (χ4n) is 3.76. The Hall–Kier alpha value is -1.38. The van der Waals surface area contributed by atoms with E-state index in [0.717, 1.165) is 37.7 Å². The first-order valence-corrected chi connectivity index (χ1v) is 9.78. The highest BCUT2D eigenvalue weighted by Crippen LogP contribution is 2.39. The smallest absolute Gasteiger partial charge is 0.151 e. The topological polar surface area (TPSA) is 70.0 Å². The lowest BCUT2D eigenvalue weighted by Crippen LogP contribution is -2.44. The number of rotatable bonds is 3. The summed E-state index contributed by atoms with van der Waals surface area (Å²) in [5.74, 6) is 0.578. The minimum Gasteiger partial charge on any atom is -0.310 e. The van der Waals surface area contributed by atoms with E-state index in [1.54, 1.807) is 0 Å². The molecule has 1 aliphatic carbocycles. The van der Waals surface area contributed by atoms with Gasteiger partial charge in [-0.25, -0.2) is 8.42 Å². The second-order valence-corrected chi connectivity index (χ2v) is 8.83. The van der Waals surface area contributed by atoms with E-state index in [1.165, 1.54) is 0 Å². The molecule has 5 heteroatoms. The molecule has 118 valence electrons. The number of sulfone groups is 1. The van der Waals surface area contributed by atoms with Gasteiger partial charge in [0, 0.05) is 12.1 Å². The zero-order valence-corrected chi connectivity index (χ0v) is 13.5. The molecule has 0 aromatic heterocycles. The molecule has 0 spiro atoms. The van der Waals surface area contributed by atoms with Crippen molar-refractivity contribution in [3.63, 3.8) is 0 Å². The van der Waals surface area contributed by atoms with Crippen LogP contribution < -0.4 is 5.32 Å². The minimum absolute atomic E-state index is 0.0984. The maximum Gasteiger partial charge on any atom is 0.151 e. The van der Waals surface area contributed by atoms with Crippen LogP contribution in [0.25, 0.3) is 0 Å². The summed E-state index contributed by atoms with van der Waals surface area (Å²) in [7, 11) is -2.83. The third-order valence-electron chi connectivity index (χ3n) is 5.08. The van der Waals surface area contributed by atoms with E-state index < -0.39 is 9.84 Å². The summed E-state index contributed by atoms with van der Waals surface area (Å²) in [6.45, 7) is 0. The van der Waals surface area contributed by atoms with Crippen molar-refractivity contribution in [1.29, 1.82) is 5.26 Å². The minimum atomic E-state index is -2.83. The lowest BCUT2D eigenvalue weighted by molar-refractivity contribution is 0.281. The summed E-state index contributed by atoms with van der Waals surface area (Å²) in [6, 6.07) is 13.0. The Balaban J connectivity index is 1.61. The second kappa shape index (κ2) is 6.02. The van der Waals surface area contributed by atoms with E-state index in [-0.39, 0.29) is 17.2 Å². The molecule has 0 unspecified atom stereocenters. The van der Waals surface area contributed by atoms with Gasteiger partial charge >= 0.3 is 0 Å². The monoisotopic (exact) mass is 318 g/mol. The van der Waals surface area contributed by atoms with Crippen LogP contribution in [0, 0.1) is 11.3 Å². The predicted molar refractivity (Wildman–Crippen MR) is 86.2 cm³/mol. The van der Waals surface area contributed by atoms with Gasteiger partial charge in [-0.05, 0) is 37.7 Å². The molecule has 1 atom stereocenters. The van der Waals surface area contributed by atoms with Gasteiger partial charge in [-0.15, -0.1) is 0 Å². The first-order valence-electron chi connectivity index (χ1n) is 7.96. The average molecular weight is 318 g/mol. The maximum absolute atomic E-state index is 11.5. The van der Waals surface area contributed by atoms with Crippen molar-refractivity contribution in [1.82, 2.24) is 5.32 Å². The molecule has 1 saturated carbocycles. The Bertz CT molecular complexity index is 656. The highest BCUT2D eigenvalue weighted by molar-refractivity contribution is 7.91. The van der Waals surface area contributed by atoms with Gasteiger partial charge in [0.05, 0.1) is 23.0 Å². The number of benzene rings is 1. The van der Waals surface area contributed by atoms with Crippen LogP contribution in [0.1, 0.15) is 37.7 Å². The van der Waals surface area contributed by atoms with Gasteiger partial charge < -0.3 is 5.32 Å². The molecule has 2 aliphatic rings. The summed E-state index contributed by atoms with van der Waals surface area (Å²) in [4.78, 5) is 0. The lowest BCUT2D eigenvalue weighted by Gasteiger charge is -2.36. The van der Waals surface area contributed by atoms with Gasteiger partial charge in [-0.3, -0.25) is 0 Å². The van der Waals surface area contributed by atoms with Crippen LogP contribution in [-0.2, 0) is 15.3 Å². The molecule has 22 heavy (non-hydrogen) atoms. The Morgan fingerprint density at radius 2 is 1.77 bits per heavy atom. The molecule has 1 N–H and O–H groups in total. The van der Waals surface area contributed by atoms with Gasteiger partial charge in [0.2, 0.25) is 0 Å². The number of nitrogens with zero attached hydrogens (tertiary/aromatic N) is 1. The Morgan fingerprint density at radius 3 is 2.32 bits per heavy atom. The summed E-state index contributed by atoms with van der Waals surface area (Å²) in [5.41, 5.74) is 0.737. The van der Waals surface area contributed by atoms with Gasteiger partial charge in [-0.1, -0.05) is 30.3 Å². The van der Waals surface area contributed by atoms with Gasteiger partial charge in [0.15, 0.2) is 9.84 Å².